The van der Waals surface area contributed by atoms with Gasteiger partial charge in [-0.1, -0.05) is 48.0 Å². The molecule has 0 radical (unpaired) electrons. The van der Waals surface area contributed by atoms with Crippen molar-refractivity contribution in [1.29, 1.82) is 0 Å². The standard InChI is InChI=1S/C16H34O/c1-7-8-9-17-16(11-14(4)5)12-15(6)10-13(2)3/h13-16H,7-12H2,1-6H3. The van der Waals surface area contributed by atoms with E-state index in [2.05, 4.69) is 41.5 Å². The molecular formula is C16H34O. The summed E-state index contributed by atoms with van der Waals surface area (Å²) in [6, 6.07) is 0. The van der Waals surface area contributed by atoms with Crippen LogP contribution in [0.2, 0.25) is 0 Å². The highest BCUT2D eigenvalue weighted by Crippen LogP contribution is 2.22. The Morgan fingerprint density at radius 1 is 0.824 bits per heavy atom. The minimum absolute atomic E-state index is 0.482. The highest BCUT2D eigenvalue weighted by molar-refractivity contribution is 4.67. The Labute approximate surface area is 109 Å². The quantitative estimate of drug-likeness (QED) is 0.473. The third-order valence-electron chi connectivity index (χ3n) is 3.12. The fourth-order valence-electron chi connectivity index (χ4n) is 2.50. The lowest BCUT2D eigenvalue weighted by Gasteiger charge is -2.24. The van der Waals surface area contributed by atoms with Gasteiger partial charge in [0.05, 0.1) is 6.10 Å². The van der Waals surface area contributed by atoms with Crippen LogP contribution in [0.5, 0.6) is 0 Å². The van der Waals surface area contributed by atoms with Crippen LogP contribution in [-0.4, -0.2) is 12.7 Å². The summed E-state index contributed by atoms with van der Waals surface area (Å²) in [5.74, 6) is 2.34. The molecule has 0 saturated heterocycles. The largest absolute Gasteiger partial charge is 0.378 e. The molecule has 0 aromatic heterocycles. The molecular weight excluding hydrogens is 208 g/mol. The predicted octanol–water partition coefficient (Wildman–Crippen LogP) is 5.29. The van der Waals surface area contributed by atoms with Crippen molar-refractivity contribution < 1.29 is 4.74 Å². The van der Waals surface area contributed by atoms with Crippen LogP contribution in [0.15, 0.2) is 0 Å². The summed E-state index contributed by atoms with van der Waals surface area (Å²) < 4.78 is 6.05. The number of unbranched alkanes of at least 4 members (excludes halogenated alkanes) is 1. The van der Waals surface area contributed by atoms with Crippen LogP contribution < -0.4 is 0 Å². The molecule has 0 fully saturated rings. The molecule has 0 rings (SSSR count). The van der Waals surface area contributed by atoms with Gasteiger partial charge in [-0.25, -0.2) is 0 Å². The van der Waals surface area contributed by atoms with Crippen LogP contribution in [0.1, 0.15) is 73.6 Å². The molecule has 17 heavy (non-hydrogen) atoms. The van der Waals surface area contributed by atoms with Gasteiger partial charge < -0.3 is 4.74 Å². The van der Waals surface area contributed by atoms with E-state index in [0.717, 1.165) is 24.4 Å². The first kappa shape index (κ1) is 17.0. The van der Waals surface area contributed by atoms with E-state index in [9.17, 15) is 0 Å². The van der Waals surface area contributed by atoms with Crippen molar-refractivity contribution in [2.45, 2.75) is 79.8 Å². The molecule has 2 atom stereocenters. The summed E-state index contributed by atoms with van der Waals surface area (Å²) in [5.41, 5.74) is 0. The van der Waals surface area contributed by atoms with Gasteiger partial charge in [-0.3, -0.25) is 0 Å². The molecule has 104 valence electrons. The van der Waals surface area contributed by atoms with E-state index in [-0.39, 0.29) is 0 Å². The van der Waals surface area contributed by atoms with Crippen LogP contribution in [0, 0.1) is 17.8 Å². The molecule has 1 nitrogen and oxygen atoms in total. The maximum Gasteiger partial charge on any atom is 0.0580 e. The van der Waals surface area contributed by atoms with E-state index < -0.39 is 0 Å². The minimum atomic E-state index is 0.482. The molecule has 0 saturated carbocycles. The molecule has 0 aliphatic rings. The summed E-state index contributed by atoms with van der Waals surface area (Å²) >= 11 is 0. The lowest BCUT2D eigenvalue weighted by molar-refractivity contribution is 0.0210. The summed E-state index contributed by atoms with van der Waals surface area (Å²) in [6.07, 6.45) is 6.69. The monoisotopic (exact) mass is 242 g/mol. The van der Waals surface area contributed by atoms with Gasteiger partial charge in [0.2, 0.25) is 0 Å². The Bertz CT molecular complexity index is 163. The molecule has 0 N–H and O–H groups in total. The highest BCUT2D eigenvalue weighted by Gasteiger charge is 2.16. The summed E-state index contributed by atoms with van der Waals surface area (Å²) in [5, 5.41) is 0. The van der Waals surface area contributed by atoms with Gasteiger partial charge in [0.1, 0.15) is 0 Å². The van der Waals surface area contributed by atoms with Crippen molar-refractivity contribution in [3.63, 3.8) is 0 Å². The van der Waals surface area contributed by atoms with Gasteiger partial charge in [-0.15, -0.1) is 0 Å². The summed E-state index contributed by atoms with van der Waals surface area (Å²) in [6.45, 7) is 14.8. The van der Waals surface area contributed by atoms with Gasteiger partial charge in [-0.2, -0.15) is 0 Å². The molecule has 2 unspecified atom stereocenters. The molecule has 0 bridgehead atoms. The van der Waals surface area contributed by atoms with Gasteiger partial charge in [0, 0.05) is 6.61 Å². The third kappa shape index (κ3) is 10.8. The first-order valence-electron chi connectivity index (χ1n) is 7.57. The Balaban J connectivity index is 3.98. The van der Waals surface area contributed by atoms with Crippen molar-refractivity contribution in [2.75, 3.05) is 6.61 Å². The normalized spacial score (nSPS) is 15.5. The Hall–Kier alpha value is -0.0400. The average Bonchev–Trinajstić information content (AvgIpc) is 2.15. The second kappa shape index (κ2) is 9.94. The van der Waals surface area contributed by atoms with Crippen LogP contribution in [-0.2, 0) is 4.74 Å². The summed E-state index contributed by atoms with van der Waals surface area (Å²) in [4.78, 5) is 0. The zero-order valence-electron chi connectivity index (χ0n) is 13.0. The fraction of sp³-hybridized carbons (Fsp3) is 1.00. The maximum atomic E-state index is 6.05. The van der Waals surface area contributed by atoms with E-state index in [1.165, 1.54) is 32.1 Å². The molecule has 0 spiro atoms. The van der Waals surface area contributed by atoms with Crippen molar-refractivity contribution >= 4 is 0 Å². The first-order chi connectivity index (χ1) is 7.95. The van der Waals surface area contributed by atoms with Crippen molar-refractivity contribution in [3.8, 4) is 0 Å². The van der Waals surface area contributed by atoms with E-state index in [1.807, 2.05) is 0 Å². The number of rotatable bonds is 10. The van der Waals surface area contributed by atoms with Gasteiger partial charge in [0.15, 0.2) is 0 Å². The van der Waals surface area contributed by atoms with Crippen molar-refractivity contribution in [3.05, 3.63) is 0 Å². The van der Waals surface area contributed by atoms with E-state index in [0.29, 0.717) is 6.10 Å². The van der Waals surface area contributed by atoms with Crippen LogP contribution in [0.4, 0.5) is 0 Å². The molecule has 0 amide bonds. The molecule has 0 aliphatic carbocycles. The predicted molar refractivity (Wildman–Crippen MR) is 77.3 cm³/mol. The fourth-order valence-corrected chi connectivity index (χ4v) is 2.50. The lowest BCUT2D eigenvalue weighted by Crippen LogP contribution is -2.20. The SMILES string of the molecule is CCCCOC(CC(C)C)CC(C)CC(C)C. The van der Waals surface area contributed by atoms with Crippen LogP contribution in [0.25, 0.3) is 0 Å². The lowest BCUT2D eigenvalue weighted by atomic mass is 9.91. The van der Waals surface area contributed by atoms with Crippen LogP contribution in [0.3, 0.4) is 0 Å². The number of hydrogen-bond donors (Lipinski definition) is 0. The topological polar surface area (TPSA) is 9.23 Å². The second-order valence-corrected chi connectivity index (χ2v) is 6.45. The van der Waals surface area contributed by atoms with Crippen molar-refractivity contribution in [1.82, 2.24) is 0 Å². The van der Waals surface area contributed by atoms with Gasteiger partial charge in [0.25, 0.3) is 0 Å². The zero-order chi connectivity index (χ0) is 13.3. The summed E-state index contributed by atoms with van der Waals surface area (Å²) in [7, 11) is 0. The zero-order valence-corrected chi connectivity index (χ0v) is 13.0. The van der Waals surface area contributed by atoms with Gasteiger partial charge >= 0.3 is 0 Å². The Kier molecular flexibility index (Phi) is 9.91. The molecule has 0 aliphatic heterocycles. The molecule has 0 heterocycles. The van der Waals surface area contributed by atoms with E-state index in [1.54, 1.807) is 0 Å². The van der Waals surface area contributed by atoms with Gasteiger partial charge in [-0.05, 0) is 43.4 Å². The minimum Gasteiger partial charge on any atom is -0.378 e. The average molecular weight is 242 g/mol. The Morgan fingerprint density at radius 3 is 1.88 bits per heavy atom. The molecule has 0 aromatic rings. The van der Waals surface area contributed by atoms with Crippen LogP contribution >= 0.6 is 0 Å². The maximum absolute atomic E-state index is 6.05. The second-order valence-electron chi connectivity index (χ2n) is 6.45. The number of ether oxygens (including phenoxy) is 1. The smallest absolute Gasteiger partial charge is 0.0580 e. The Morgan fingerprint density at radius 2 is 1.41 bits per heavy atom. The molecule has 1 heteroatoms. The third-order valence-corrected chi connectivity index (χ3v) is 3.12. The van der Waals surface area contributed by atoms with E-state index >= 15 is 0 Å². The number of hydrogen-bond acceptors (Lipinski definition) is 1. The highest BCUT2D eigenvalue weighted by atomic mass is 16.5. The van der Waals surface area contributed by atoms with E-state index in [4.69, 9.17) is 4.74 Å². The first-order valence-corrected chi connectivity index (χ1v) is 7.57. The molecule has 0 aromatic carbocycles. The van der Waals surface area contributed by atoms with Crippen molar-refractivity contribution in [2.24, 2.45) is 17.8 Å².